The molecule has 2 aliphatic heterocycles. The Kier molecular flexibility index (Phi) is 3.89. The van der Waals surface area contributed by atoms with Gasteiger partial charge in [-0.15, -0.1) is 0 Å². The van der Waals surface area contributed by atoms with Crippen molar-refractivity contribution in [2.45, 2.75) is 32.0 Å². The van der Waals surface area contributed by atoms with Crippen molar-refractivity contribution in [3.8, 4) is 11.5 Å². The number of anilines is 1. The van der Waals surface area contributed by atoms with Gasteiger partial charge in [0.2, 0.25) is 5.95 Å². The molecule has 0 unspecified atom stereocenters. The first kappa shape index (κ1) is 15.5. The van der Waals surface area contributed by atoms with Gasteiger partial charge >= 0.3 is 0 Å². The molecule has 0 aliphatic carbocycles. The van der Waals surface area contributed by atoms with E-state index in [1.165, 1.54) is 5.69 Å². The van der Waals surface area contributed by atoms with E-state index in [-0.39, 0.29) is 0 Å². The van der Waals surface area contributed by atoms with E-state index < -0.39 is 0 Å². The number of aromatic nitrogens is 6. The quantitative estimate of drug-likeness (QED) is 0.771. The van der Waals surface area contributed by atoms with Crippen LogP contribution in [0.15, 0.2) is 36.9 Å². The summed E-state index contributed by atoms with van der Waals surface area (Å²) >= 11 is 0. The third-order valence-electron chi connectivity index (χ3n) is 5.19. The molecule has 0 bridgehead atoms. The van der Waals surface area contributed by atoms with Crippen molar-refractivity contribution in [2.24, 2.45) is 0 Å². The third kappa shape index (κ3) is 2.76. The molecular formula is C18H22N8. The molecule has 5 rings (SSSR count). The number of nitrogens with one attached hydrogen (secondary N) is 1. The van der Waals surface area contributed by atoms with Crippen LogP contribution in [0.4, 0.5) is 5.95 Å². The van der Waals surface area contributed by atoms with Gasteiger partial charge in [-0.05, 0) is 25.0 Å². The summed E-state index contributed by atoms with van der Waals surface area (Å²) < 4.78 is 4.37. The maximum Gasteiger partial charge on any atom is 0.225 e. The van der Waals surface area contributed by atoms with E-state index in [1.54, 1.807) is 12.4 Å². The summed E-state index contributed by atoms with van der Waals surface area (Å²) in [7, 11) is 0. The minimum absolute atomic E-state index is 0.349. The average molecular weight is 350 g/mol. The maximum atomic E-state index is 4.78. The summed E-state index contributed by atoms with van der Waals surface area (Å²) in [5.41, 5.74) is 2.19. The van der Waals surface area contributed by atoms with Gasteiger partial charge in [0.25, 0.3) is 0 Å². The lowest BCUT2D eigenvalue weighted by Crippen LogP contribution is -2.37. The monoisotopic (exact) mass is 350 g/mol. The SMILES string of the molecule is c1cnc(N2CCC[C@@H](n3ccnc3-c3cc4n(n3)CCNC4)C2)nc1. The van der Waals surface area contributed by atoms with Crippen molar-refractivity contribution in [1.82, 2.24) is 34.6 Å². The Morgan fingerprint density at radius 3 is 2.88 bits per heavy atom. The van der Waals surface area contributed by atoms with E-state index in [9.17, 15) is 0 Å². The third-order valence-corrected chi connectivity index (χ3v) is 5.19. The molecule has 0 amide bonds. The fourth-order valence-corrected chi connectivity index (χ4v) is 3.93. The normalized spacial score (nSPS) is 20.2. The molecule has 1 saturated heterocycles. The fourth-order valence-electron chi connectivity index (χ4n) is 3.93. The highest BCUT2D eigenvalue weighted by molar-refractivity contribution is 5.51. The lowest BCUT2D eigenvalue weighted by atomic mass is 10.1. The molecular weight excluding hydrogens is 328 g/mol. The Bertz CT molecular complexity index is 860. The second-order valence-electron chi connectivity index (χ2n) is 6.87. The predicted molar refractivity (Wildman–Crippen MR) is 97.7 cm³/mol. The van der Waals surface area contributed by atoms with Gasteiger partial charge in [-0.3, -0.25) is 4.68 Å². The molecule has 3 aromatic heterocycles. The maximum absolute atomic E-state index is 4.78. The number of imidazole rings is 1. The smallest absolute Gasteiger partial charge is 0.225 e. The zero-order valence-electron chi connectivity index (χ0n) is 14.6. The first-order valence-corrected chi connectivity index (χ1v) is 9.21. The molecule has 1 atom stereocenters. The molecule has 8 nitrogen and oxygen atoms in total. The zero-order chi connectivity index (χ0) is 17.3. The van der Waals surface area contributed by atoms with Crippen LogP contribution in [0.1, 0.15) is 24.6 Å². The Balaban J connectivity index is 1.42. The van der Waals surface area contributed by atoms with E-state index in [0.29, 0.717) is 6.04 Å². The summed E-state index contributed by atoms with van der Waals surface area (Å²) in [6, 6.07) is 4.36. The minimum Gasteiger partial charge on any atom is -0.339 e. The van der Waals surface area contributed by atoms with Crippen LogP contribution in [0.3, 0.4) is 0 Å². The highest BCUT2D eigenvalue weighted by Crippen LogP contribution is 2.28. The van der Waals surface area contributed by atoms with Crippen molar-refractivity contribution in [3.05, 3.63) is 42.6 Å². The molecule has 1 N–H and O–H groups in total. The van der Waals surface area contributed by atoms with Gasteiger partial charge in [0.05, 0.1) is 18.3 Å². The van der Waals surface area contributed by atoms with Crippen molar-refractivity contribution >= 4 is 5.95 Å². The molecule has 2 aliphatic rings. The van der Waals surface area contributed by atoms with E-state index in [1.807, 2.05) is 12.3 Å². The van der Waals surface area contributed by atoms with Gasteiger partial charge < -0.3 is 14.8 Å². The summed E-state index contributed by atoms with van der Waals surface area (Å²) in [6.45, 7) is 4.64. The molecule has 3 aromatic rings. The summed E-state index contributed by atoms with van der Waals surface area (Å²) in [5.74, 6) is 1.76. The first-order chi connectivity index (χ1) is 12.9. The van der Waals surface area contributed by atoms with Crippen LogP contribution in [0.2, 0.25) is 0 Å². The number of rotatable bonds is 3. The Labute approximate surface area is 151 Å². The second-order valence-corrected chi connectivity index (χ2v) is 6.87. The van der Waals surface area contributed by atoms with Gasteiger partial charge in [0, 0.05) is 51.0 Å². The van der Waals surface area contributed by atoms with Gasteiger partial charge in [0.1, 0.15) is 5.69 Å². The summed E-state index contributed by atoms with van der Waals surface area (Å²) in [5, 5.41) is 8.17. The Hall–Kier alpha value is -2.74. The fraction of sp³-hybridized carbons (Fsp3) is 0.444. The molecule has 8 heteroatoms. The first-order valence-electron chi connectivity index (χ1n) is 9.21. The van der Waals surface area contributed by atoms with Crippen LogP contribution in [0.5, 0.6) is 0 Å². The zero-order valence-corrected chi connectivity index (χ0v) is 14.6. The highest BCUT2D eigenvalue weighted by Gasteiger charge is 2.26. The Morgan fingerprint density at radius 2 is 2.00 bits per heavy atom. The number of nitrogens with zero attached hydrogens (tertiary/aromatic N) is 7. The van der Waals surface area contributed by atoms with Gasteiger partial charge in [-0.1, -0.05) is 0 Å². The van der Waals surface area contributed by atoms with Crippen molar-refractivity contribution in [3.63, 3.8) is 0 Å². The Morgan fingerprint density at radius 1 is 1.08 bits per heavy atom. The van der Waals surface area contributed by atoms with Crippen molar-refractivity contribution in [2.75, 3.05) is 24.5 Å². The molecule has 0 aromatic carbocycles. The van der Waals surface area contributed by atoms with Gasteiger partial charge in [0.15, 0.2) is 5.82 Å². The summed E-state index contributed by atoms with van der Waals surface area (Å²) in [4.78, 5) is 15.7. The van der Waals surface area contributed by atoms with Gasteiger partial charge in [-0.25, -0.2) is 15.0 Å². The largest absolute Gasteiger partial charge is 0.339 e. The van der Waals surface area contributed by atoms with E-state index in [2.05, 4.69) is 46.7 Å². The van der Waals surface area contributed by atoms with E-state index in [4.69, 9.17) is 5.10 Å². The number of hydrogen-bond acceptors (Lipinski definition) is 6. The van der Waals surface area contributed by atoms with Crippen LogP contribution < -0.4 is 10.2 Å². The number of hydrogen-bond donors (Lipinski definition) is 1. The van der Waals surface area contributed by atoms with Gasteiger partial charge in [-0.2, -0.15) is 5.10 Å². The van der Waals surface area contributed by atoms with Crippen LogP contribution in [-0.4, -0.2) is 48.9 Å². The highest BCUT2D eigenvalue weighted by atomic mass is 15.3. The lowest BCUT2D eigenvalue weighted by molar-refractivity contribution is 0.404. The molecule has 134 valence electrons. The molecule has 0 radical (unpaired) electrons. The topological polar surface area (TPSA) is 76.7 Å². The van der Waals surface area contributed by atoms with E-state index >= 15 is 0 Å². The van der Waals surface area contributed by atoms with Crippen molar-refractivity contribution < 1.29 is 0 Å². The lowest BCUT2D eigenvalue weighted by Gasteiger charge is -2.33. The van der Waals surface area contributed by atoms with Crippen molar-refractivity contribution in [1.29, 1.82) is 0 Å². The van der Waals surface area contributed by atoms with Crippen LogP contribution in [0, 0.1) is 0 Å². The van der Waals surface area contributed by atoms with E-state index in [0.717, 1.165) is 63.0 Å². The standard InChI is InChI=1S/C18H22N8/c1-3-14(13-24(8-1)18-21-4-2-5-22-18)25-9-7-20-17(25)16-11-15-12-19-6-10-26(15)23-16/h2,4-5,7,9,11,14,19H,1,3,6,8,10,12-13H2/t14-/m1/s1. The summed E-state index contributed by atoms with van der Waals surface area (Å²) in [6.07, 6.45) is 9.80. The van der Waals surface area contributed by atoms with Crippen LogP contribution >= 0.6 is 0 Å². The molecule has 5 heterocycles. The second kappa shape index (κ2) is 6.53. The van der Waals surface area contributed by atoms with Crippen LogP contribution in [-0.2, 0) is 13.1 Å². The predicted octanol–water partition coefficient (Wildman–Crippen LogP) is 1.48. The molecule has 1 fully saturated rings. The number of fused-ring (bicyclic) bond motifs is 1. The molecule has 26 heavy (non-hydrogen) atoms. The number of piperidine rings is 1. The molecule has 0 spiro atoms. The minimum atomic E-state index is 0.349. The van der Waals surface area contributed by atoms with Crippen LogP contribution in [0.25, 0.3) is 11.5 Å². The molecule has 0 saturated carbocycles. The average Bonchev–Trinajstić information content (AvgIpc) is 3.35.